The maximum absolute atomic E-state index is 12.4. The first-order valence-corrected chi connectivity index (χ1v) is 6.54. The molecule has 18 heavy (non-hydrogen) atoms. The van der Waals surface area contributed by atoms with Crippen molar-refractivity contribution >= 4 is 11.6 Å². The van der Waals surface area contributed by atoms with E-state index in [9.17, 15) is 9.90 Å². The van der Waals surface area contributed by atoms with Gasteiger partial charge in [-0.05, 0) is 25.3 Å². The number of aliphatic hydroxyl groups excluding tert-OH is 1. The normalized spacial score (nSPS) is 17.1. The van der Waals surface area contributed by atoms with Gasteiger partial charge < -0.3 is 20.3 Å². The number of nitrogens with two attached hydrogens (primary N) is 1. The van der Waals surface area contributed by atoms with E-state index in [0.717, 1.165) is 13.0 Å². The van der Waals surface area contributed by atoms with E-state index in [4.69, 9.17) is 5.73 Å². The van der Waals surface area contributed by atoms with E-state index >= 15 is 0 Å². The summed E-state index contributed by atoms with van der Waals surface area (Å²) in [6.07, 6.45) is 3.84. The molecule has 2 rings (SSSR count). The maximum atomic E-state index is 12.4. The topological polar surface area (TPSA) is 71.5 Å². The number of carbonyl (C=O) groups excluding carboxylic acids is 1. The minimum absolute atomic E-state index is 0.0204. The Bertz CT molecular complexity index is 420. The van der Waals surface area contributed by atoms with Crippen molar-refractivity contribution in [1.82, 2.24) is 9.47 Å². The first kappa shape index (κ1) is 13.0. The molecular formula is C13H21N3O2. The quantitative estimate of drug-likeness (QED) is 0.844. The van der Waals surface area contributed by atoms with Crippen molar-refractivity contribution < 1.29 is 9.90 Å². The molecule has 1 aromatic rings. The van der Waals surface area contributed by atoms with Crippen LogP contribution in [0.2, 0.25) is 0 Å². The molecule has 0 unspecified atom stereocenters. The molecular weight excluding hydrogens is 230 g/mol. The van der Waals surface area contributed by atoms with Gasteiger partial charge >= 0.3 is 0 Å². The highest BCUT2D eigenvalue weighted by molar-refractivity contribution is 5.93. The van der Waals surface area contributed by atoms with Gasteiger partial charge in [-0.15, -0.1) is 0 Å². The summed E-state index contributed by atoms with van der Waals surface area (Å²) < 4.78 is 1.92. The van der Waals surface area contributed by atoms with Crippen LogP contribution < -0.4 is 5.73 Å². The summed E-state index contributed by atoms with van der Waals surface area (Å²) in [7, 11) is 0. The van der Waals surface area contributed by atoms with Crippen molar-refractivity contribution in [3.05, 3.63) is 18.0 Å². The number of hydrogen-bond acceptors (Lipinski definition) is 3. The second-order valence-corrected chi connectivity index (χ2v) is 4.88. The number of aromatic nitrogens is 1. The van der Waals surface area contributed by atoms with Crippen molar-refractivity contribution in [1.29, 1.82) is 0 Å². The van der Waals surface area contributed by atoms with E-state index in [1.807, 2.05) is 10.8 Å². The molecule has 5 nitrogen and oxygen atoms in total. The Morgan fingerprint density at radius 2 is 2.17 bits per heavy atom. The number of carbonyl (C=O) groups is 1. The third-order valence-electron chi connectivity index (χ3n) is 3.35. The van der Waals surface area contributed by atoms with Crippen LogP contribution in [0, 0.1) is 0 Å². The van der Waals surface area contributed by atoms with Crippen molar-refractivity contribution in [3.8, 4) is 0 Å². The molecule has 0 aliphatic carbocycles. The first-order chi connectivity index (χ1) is 8.61. The number of amides is 1. The Morgan fingerprint density at radius 3 is 2.78 bits per heavy atom. The van der Waals surface area contributed by atoms with E-state index in [2.05, 4.69) is 6.92 Å². The molecule has 1 amide bonds. The molecule has 0 atom stereocenters. The van der Waals surface area contributed by atoms with E-state index in [-0.39, 0.29) is 12.0 Å². The van der Waals surface area contributed by atoms with Crippen LogP contribution in [0.4, 0.5) is 5.69 Å². The van der Waals surface area contributed by atoms with Crippen molar-refractivity contribution in [2.24, 2.45) is 0 Å². The zero-order valence-electron chi connectivity index (χ0n) is 10.8. The summed E-state index contributed by atoms with van der Waals surface area (Å²) in [5.41, 5.74) is 7.05. The molecule has 3 N–H and O–H groups in total. The highest BCUT2D eigenvalue weighted by Crippen LogP contribution is 2.17. The van der Waals surface area contributed by atoms with E-state index in [1.165, 1.54) is 0 Å². The lowest BCUT2D eigenvalue weighted by atomic mass is 10.1. The average Bonchev–Trinajstić information content (AvgIpc) is 2.71. The molecule has 1 saturated heterocycles. The number of nitrogens with zero attached hydrogens (tertiary/aromatic N) is 2. The Morgan fingerprint density at radius 1 is 1.50 bits per heavy atom. The average molecular weight is 251 g/mol. The number of aryl methyl sites for hydroxylation is 1. The van der Waals surface area contributed by atoms with E-state index in [0.29, 0.717) is 37.3 Å². The number of aliphatic hydroxyl groups is 1. The largest absolute Gasteiger partial charge is 0.397 e. The second-order valence-electron chi connectivity index (χ2n) is 4.88. The van der Waals surface area contributed by atoms with Gasteiger partial charge in [0.2, 0.25) is 0 Å². The molecule has 0 bridgehead atoms. The fourth-order valence-corrected chi connectivity index (χ4v) is 2.37. The van der Waals surface area contributed by atoms with Gasteiger partial charge in [0.05, 0.1) is 11.8 Å². The summed E-state index contributed by atoms with van der Waals surface area (Å²) in [5.74, 6) is 0.0204. The Hall–Kier alpha value is -1.49. The zero-order valence-corrected chi connectivity index (χ0v) is 10.8. The molecule has 1 aliphatic rings. The summed E-state index contributed by atoms with van der Waals surface area (Å²) in [6, 6.07) is 1.74. The van der Waals surface area contributed by atoms with Crippen LogP contribution in [0.3, 0.4) is 0 Å². The molecule has 1 aliphatic heterocycles. The van der Waals surface area contributed by atoms with Crippen LogP contribution in [0.5, 0.6) is 0 Å². The number of likely N-dealkylation sites (tertiary alicyclic amines) is 1. The summed E-state index contributed by atoms with van der Waals surface area (Å²) >= 11 is 0. The van der Waals surface area contributed by atoms with Gasteiger partial charge in [-0.2, -0.15) is 0 Å². The molecule has 1 fully saturated rings. The lowest BCUT2D eigenvalue weighted by Gasteiger charge is -2.29. The Balaban J connectivity index is 2.12. The molecule has 5 heteroatoms. The SMILES string of the molecule is CCCn1cc(N)cc1C(=O)N1CCC(O)CC1. The van der Waals surface area contributed by atoms with Crippen LogP contribution in [-0.4, -0.2) is 39.7 Å². The predicted molar refractivity (Wildman–Crippen MR) is 70.3 cm³/mol. The molecule has 100 valence electrons. The lowest BCUT2D eigenvalue weighted by Crippen LogP contribution is -2.40. The smallest absolute Gasteiger partial charge is 0.270 e. The van der Waals surface area contributed by atoms with Gasteiger partial charge in [-0.3, -0.25) is 4.79 Å². The van der Waals surface area contributed by atoms with E-state index in [1.54, 1.807) is 11.0 Å². The summed E-state index contributed by atoms with van der Waals surface area (Å²) in [4.78, 5) is 14.2. The van der Waals surface area contributed by atoms with Crippen molar-refractivity contribution in [3.63, 3.8) is 0 Å². The van der Waals surface area contributed by atoms with Crippen LogP contribution in [-0.2, 0) is 6.54 Å². The van der Waals surface area contributed by atoms with Crippen molar-refractivity contribution in [2.45, 2.75) is 38.8 Å². The first-order valence-electron chi connectivity index (χ1n) is 6.54. The van der Waals surface area contributed by atoms with Gasteiger partial charge in [-0.25, -0.2) is 0 Å². The van der Waals surface area contributed by atoms with Gasteiger partial charge in [0.25, 0.3) is 5.91 Å². The Kier molecular flexibility index (Phi) is 3.91. The summed E-state index contributed by atoms with van der Waals surface area (Å²) in [6.45, 7) is 4.12. The Labute approximate surface area is 107 Å². The van der Waals surface area contributed by atoms with Crippen LogP contribution in [0.1, 0.15) is 36.7 Å². The molecule has 0 saturated carbocycles. The van der Waals surface area contributed by atoms with Gasteiger partial charge in [-0.1, -0.05) is 6.92 Å². The second kappa shape index (κ2) is 5.44. The van der Waals surface area contributed by atoms with Gasteiger partial charge in [0, 0.05) is 25.8 Å². The predicted octanol–water partition coefficient (Wildman–Crippen LogP) is 1.08. The van der Waals surface area contributed by atoms with Crippen LogP contribution in [0.25, 0.3) is 0 Å². The van der Waals surface area contributed by atoms with Crippen molar-refractivity contribution in [2.75, 3.05) is 18.8 Å². The number of anilines is 1. The number of hydrogen-bond donors (Lipinski definition) is 2. The minimum atomic E-state index is -0.262. The van der Waals surface area contributed by atoms with E-state index < -0.39 is 0 Å². The monoisotopic (exact) mass is 251 g/mol. The molecule has 2 heterocycles. The van der Waals surface area contributed by atoms with Crippen LogP contribution >= 0.6 is 0 Å². The number of nitrogen functional groups attached to an aromatic ring is 1. The van der Waals surface area contributed by atoms with Crippen LogP contribution in [0.15, 0.2) is 12.3 Å². The maximum Gasteiger partial charge on any atom is 0.270 e. The van der Waals surface area contributed by atoms with Gasteiger partial charge in [0.15, 0.2) is 0 Å². The highest BCUT2D eigenvalue weighted by Gasteiger charge is 2.24. The van der Waals surface area contributed by atoms with Gasteiger partial charge in [0.1, 0.15) is 5.69 Å². The third kappa shape index (κ3) is 2.67. The molecule has 0 radical (unpaired) electrons. The lowest BCUT2D eigenvalue weighted by molar-refractivity contribution is 0.0537. The fourth-order valence-electron chi connectivity index (χ4n) is 2.37. The third-order valence-corrected chi connectivity index (χ3v) is 3.35. The molecule has 1 aromatic heterocycles. The highest BCUT2D eigenvalue weighted by atomic mass is 16.3. The zero-order chi connectivity index (χ0) is 13.1. The standard InChI is InChI=1S/C13H21N3O2/c1-2-5-16-9-10(14)8-12(16)13(18)15-6-3-11(17)4-7-15/h8-9,11,17H,2-7,14H2,1H3. The summed E-state index contributed by atoms with van der Waals surface area (Å²) in [5, 5.41) is 9.46. The fraction of sp³-hybridized carbons (Fsp3) is 0.615. The number of rotatable bonds is 3. The number of piperidine rings is 1. The molecule has 0 aromatic carbocycles. The minimum Gasteiger partial charge on any atom is -0.397 e. The molecule has 0 spiro atoms.